The Morgan fingerprint density at radius 2 is 2.11 bits per heavy atom. The van der Waals surface area contributed by atoms with Gasteiger partial charge in [-0.25, -0.2) is 4.98 Å². The summed E-state index contributed by atoms with van der Waals surface area (Å²) >= 11 is 0. The lowest BCUT2D eigenvalue weighted by atomic mass is 10.1. The molecule has 0 fully saturated rings. The van der Waals surface area contributed by atoms with Gasteiger partial charge in [-0.2, -0.15) is 0 Å². The highest BCUT2D eigenvalue weighted by Gasteiger charge is 2.19. The largest absolute Gasteiger partial charge is 0.394 e. The highest BCUT2D eigenvalue weighted by atomic mass is 16.3. The average molecular weight is 267 g/mol. The van der Waals surface area contributed by atoms with Crippen LogP contribution < -0.4 is 10.9 Å². The Labute approximate surface area is 112 Å². The molecular formula is C13H21N3O3. The first-order valence-electron chi connectivity index (χ1n) is 6.43. The molecule has 0 unspecified atom stereocenters. The molecule has 1 rings (SSSR count). The number of nitrogens with one attached hydrogen (secondary N) is 2. The quantitative estimate of drug-likeness (QED) is 0.732. The lowest BCUT2D eigenvalue weighted by molar-refractivity contribution is 0.0912. The summed E-state index contributed by atoms with van der Waals surface area (Å²) in [4.78, 5) is 30.8. The zero-order valence-corrected chi connectivity index (χ0v) is 11.8. The molecule has 0 aliphatic rings. The Bertz CT molecular complexity index is 504. The number of nitrogens with zero attached hydrogens (tertiary/aromatic N) is 1. The molecule has 0 radical (unpaired) electrons. The molecule has 0 saturated heterocycles. The van der Waals surface area contributed by atoms with Crippen molar-refractivity contribution >= 4 is 5.91 Å². The lowest BCUT2D eigenvalue weighted by Crippen LogP contribution is -2.40. The van der Waals surface area contributed by atoms with Crippen molar-refractivity contribution in [3.8, 4) is 0 Å². The van der Waals surface area contributed by atoms with Crippen LogP contribution in [0.4, 0.5) is 0 Å². The van der Waals surface area contributed by atoms with E-state index >= 15 is 0 Å². The SMILES string of the molecule is CC[C@@H](CO)NC(=O)c1c(C)nc(C(C)C)[nH]c1=O. The summed E-state index contributed by atoms with van der Waals surface area (Å²) in [6.45, 7) is 7.15. The summed E-state index contributed by atoms with van der Waals surface area (Å²) in [5.41, 5.74) is -0.0319. The van der Waals surface area contributed by atoms with Crippen molar-refractivity contribution in [2.75, 3.05) is 6.61 Å². The molecular weight excluding hydrogens is 246 g/mol. The van der Waals surface area contributed by atoms with Crippen LogP contribution in [0.3, 0.4) is 0 Å². The molecule has 0 aliphatic heterocycles. The minimum atomic E-state index is -0.498. The normalized spacial score (nSPS) is 12.5. The van der Waals surface area contributed by atoms with Gasteiger partial charge >= 0.3 is 0 Å². The molecule has 1 heterocycles. The van der Waals surface area contributed by atoms with Crippen molar-refractivity contribution in [3.63, 3.8) is 0 Å². The van der Waals surface area contributed by atoms with E-state index in [0.717, 1.165) is 0 Å². The van der Waals surface area contributed by atoms with Crippen LogP contribution in [-0.4, -0.2) is 33.6 Å². The maximum atomic E-state index is 12.0. The number of aryl methyl sites for hydroxylation is 1. The summed E-state index contributed by atoms with van der Waals surface area (Å²) in [6.07, 6.45) is 0.594. The molecule has 1 amide bonds. The fourth-order valence-electron chi connectivity index (χ4n) is 1.68. The van der Waals surface area contributed by atoms with E-state index in [-0.39, 0.29) is 24.1 Å². The Balaban J connectivity index is 3.08. The monoisotopic (exact) mass is 267 g/mol. The van der Waals surface area contributed by atoms with Crippen LogP contribution in [0.5, 0.6) is 0 Å². The van der Waals surface area contributed by atoms with Gasteiger partial charge in [0.25, 0.3) is 11.5 Å². The van der Waals surface area contributed by atoms with E-state index in [4.69, 9.17) is 5.11 Å². The third kappa shape index (κ3) is 3.64. The third-order valence-electron chi connectivity index (χ3n) is 2.94. The molecule has 3 N–H and O–H groups in total. The minimum absolute atomic E-state index is 0.0105. The zero-order valence-electron chi connectivity index (χ0n) is 11.8. The molecule has 0 spiro atoms. The second-order valence-electron chi connectivity index (χ2n) is 4.83. The molecule has 6 heteroatoms. The smallest absolute Gasteiger partial charge is 0.264 e. The number of hydrogen-bond acceptors (Lipinski definition) is 4. The number of H-pyrrole nitrogens is 1. The van der Waals surface area contributed by atoms with Gasteiger partial charge in [-0.1, -0.05) is 20.8 Å². The molecule has 1 atom stereocenters. The molecule has 0 bridgehead atoms. The summed E-state index contributed by atoms with van der Waals surface area (Å²) in [5, 5.41) is 11.7. The van der Waals surface area contributed by atoms with Crippen LogP contribution >= 0.6 is 0 Å². The van der Waals surface area contributed by atoms with Crippen molar-refractivity contribution < 1.29 is 9.90 Å². The van der Waals surface area contributed by atoms with E-state index in [1.165, 1.54) is 0 Å². The topological polar surface area (TPSA) is 95.1 Å². The number of carbonyl (C=O) groups is 1. The van der Waals surface area contributed by atoms with E-state index in [2.05, 4.69) is 15.3 Å². The van der Waals surface area contributed by atoms with Crippen LogP contribution in [0.15, 0.2) is 4.79 Å². The van der Waals surface area contributed by atoms with E-state index in [1.54, 1.807) is 6.92 Å². The second-order valence-corrected chi connectivity index (χ2v) is 4.83. The van der Waals surface area contributed by atoms with E-state index < -0.39 is 11.5 Å². The van der Waals surface area contributed by atoms with Gasteiger partial charge < -0.3 is 15.4 Å². The summed E-state index contributed by atoms with van der Waals surface area (Å²) in [5.74, 6) is 0.153. The number of hydrogen-bond donors (Lipinski definition) is 3. The van der Waals surface area contributed by atoms with Gasteiger partial charge in [-0.05, 0) is 13.3 Å². The molecule has 19 heavy (non-hydrogen) atoms. The maximum Gasteiger partial charge on any atom is 0.264 e. The van der Waals surface area contributed by atoms with Crippen molar-refractivity contribution in [1.29, 1.82) is 0 Å². The van der Waals surface area contributed by atoms with Gasteiger partial charge in [0.15, 0.2) is 0 Å². The average Bonchev–Trinajstić information content (AvgIpc) is 2.34. The molecule has 0 saturated carbocycles. The number of amides is 1. The van der Waals surface area contributed by atoms with E-state index in [0.29, 0.717) is 17.9 Å². The highest BCUT2D eigenvalue weighted by molar-refractivity contribution is 5.95. The Hall–Kier alpha value is -1.69. The number of aromatic amines is 1. The van der Waals surface area contributed by atoms with Gasteiger partial charge in [-0.3, -0.25) is 9.59 Å². The molecule has 0 aromatic carbocycles. The predicted octanol–water partition coefficient (Wildman–Crippen LogP) is 0.702. The van der Waals surface area contributed by atoms with Gasteiger partial charge in [-0.15, -0.1) is 0 Å². The lowest BCUT2D eigenvalue weighted by Gasteiger charge is -2.15. The Morgan fingerprint density at radius 1 is 1.47 bits per heavy atom. The Morgan fingerprint density at radius 3 is 2.53 bits per heavy atom. The van der Waals surface area contributed by atoms with Gasteiger partial charge in [0, 0.05) is 5.92 Å². The van der Waals surface area contributed by atoms with Crippen LogP contribution in [0, 0.1) is 6.92 Å². The number of aliphatic hydroxyl groups excluding tert-OH is 1. The second kappa shape index (κ2) is 6.47. The fraction of sp³-hybridized carbons (Fsp3) is 0.615. The minimum Gasteiger partial charge on any atom is -0.394 e. The summed E-state index contributed by atoms with van der Waals surface area (Å²) < 4.78 is 0. The van der Waals surface area contributed by atoms with Crippen LogP contribution in [0.2, 0.25) is 0 Å². The third-order valence-corrected chi connectivity index (χ3v) is 2.94. The molecule has 1 aromatic rings. The summed E-state index contributed by atoms with van der Waals surface area (Å²) in [6, 6.07) is -0.351. The highest BCUT2D eigenvalue weighted by Crippen LogP contribution is 2.08. The predicted molar refractivity (Wildman–Crippen MR) is 72.3 cm³/mol. The first-order chi connectivity index (χ1) is 8.90. The van der Waals surface area contributed by atoms with Crippen LogP contribution in [0.1, 0.15) is 55.0 Å². The van der Waals surface area contributed by atoms with Crippen LogP contribution in [-0.2, 0) is 0 Å². The standard InChI is InChI=1S/C13H21N3O3/c1-5-9(6-17)15-12(18)10-8(4)14-11(7(2)3)16-13(10)19/h7,9,17H,5-6H2,1-4H3,(H,15,18)(H,14,16,19)/t9-/m0/s1. The first kappa shape index (κ1) is 15.4. The molecule has 106 valence electrons. The summed E-state index contributed by atoms with van der Waals surface area (Å²) in [7, 11) is 0. The fourth-order valence-corrected chi connectivity index (χ4v) is 1.68. The molecule has 0 aliphatic carbocycles. The molecule has 1 aromatic heterocycles. The van der Waals surface area contributed by atoms with Gasteiger partial charge in [0.05, 0.1) is 18.3 Å². The number of aromatic nitrogens is 2. The number of aliphatic hydroxyl groups is 1. The van der Waals surface area contributed by atoms with Gasteiger partial charge in [0.1, 0.15) is 11.4 Å². The molecule has 6 nitrogen and oxygen atoms in total. The van der Waals surface area contributed by atoms with Crippen molar-refractivity contribution in [3.05, 3.63) is 27.4 Å². The van der Waals surface area contributed by atoms with Crippen molar-refractivity contribution in [2.45, 2.75) is 46.1 Å². The Kier molecular flexibility index (Phi) is 5.23. The van der Waals surface area contributed by atoms with Crippen molar-refractivity contribution in [1.82, 2.24) is 15.3 Å². The number of carbonyl (C=O) groups excluding carboxylic acids is 1. The van der Waals surface area contributed by atoms with Gasteiger partial charge in [0.2, 0.25) is 0 Å². The van der Waals surface area contributed by atoms with E-state index in [9.17, 15) is 9.59 Å². The number of rotatable bonds is 5. The van der Waals surface area contributed by atoms with Crippen LogP contribution in [0.25, 0.3) is 0 Å². The first-order valence-corrected chi connectivity index (χ1v) is 6.43. The zero-order chi connectivity index (χ0) is 14.6. The van der Waals surface area contributed by atoms with Crippen molar-refractivity contribution in [2.24, 2.45) is 0 Å². The maximum absolute atomic E-state index is 12.0. The van der Waals surface area contributed by atoms with E-state index in [1.807, 2.05) is 20.8 Å².